The molecule has 2 rings (SSSR count). The third-order valence-corrected chi connectivity index (χ3v) is 4.34. The lowest BCUT2D eigenvalue weighted by atomic mass is 9.78. The van der Waals surface area contributed by atoms with Crippen molar-refractivity contribution in [3.8, 4) is 0 Å². The summed E-state index contributed by atoms with van der Waals surface area (Å²) in [6.45, 7) is 6.71. The summed E-state index contributed by atoms with van der Waals surface area (Å²) in [7, 11) is 0. The Morgan fingerprint density at radius 2 is 2.15 bits per heavy atom. The van der Waals surface area contributed by atoms with Gasteiger partial charge in [-0.3, -0.25) is 0 Å². The average Bonchev–Trinajstić information content (AvgIpc) is 2.46. The SMILES string of the molecule is CCC1(C)CCN(c2ccc(/C=C/C(=O)O)cn2)CC1. The van der Waals surface area contributed by atoms with Gasteiger partial charge in [-0.2, -0.15) is 0 Å². The smallest absolute Gasteiger partial charge is 0.328 e. The molecule has 0 saturated carbocycles. The first-order valence-corrected chi connectivity index (χ1v) is 7.14. The number of piperidine rings is 1. The molecule has 0 atom stereocenters. The molecule has 0 aliphatic carbocycles. The molecule has 1 saturated heterocycles. The quantitative estimate of drug-likeness (QED) is 0.857. The van der Waals surface area contributed by atoms with Crippen molar-refractivity contribution in [2.24, 2.45) is 5.41 Å². The summed E-state index contributed by atoms with van der Waals surface area (Å²) in [6.07, 6.45) is 8.04. The van der Waals surface area contributed by atoms with Crippen molar-refractivity contribution < 1.29 is 9.90 Å². The largest absolute Gasteiger partial charge is 0.478 e. The fourth-order valence-corrected chi connectivity index (χ4v) is 2.48. The van der Waals surface area contributed by atoms with Crippen LogP contribution in [0.15, 0.2) is 24.4 Å². The summed E-state index contributed by atoms with van der Waals surface area (Å²) >= 11 is 0. The fraction of sp³-hybridized carbons (Fsp3) is 0.500. The first-order valence-electron chi connectivity index (χ1n) is 7.14. The van der Waals surface area contributed by atoms with Crippen LogP contribution >= 0.6 is 0 Å². The van der Waals surface area contributed by atoms with Gasteiger partial charge in [0.2, 0.25) is 0 Å². The number of hydrogen-bond acceptors (Lipinski definition) is 3. The highest BCUT2D eigenvalue weighted by molar-refractivity contribution is 5.85. The number of carboxylic acids is 1. The van der Waals surface area contributed by atoms with Crippen molar-refractivity contribution >= 4 is 17.9 Å². The van der Waals surface area contributed by atoms with Crippen LogP contribution in [0.1, 0.15) is 38.7 Å². The minimum absolute atomic E-state index is 0.473. The first-order chi connectivity index (χ1) is 9.52. The maximum Gasteiger partial charge on any atom is 0.328 e. The minimum atomic E-state index is -0.941. The van der Waals surface area contributed by atoms with Crippen LogP contribution in [0.2, 0.25) is 0 Å². The monoisotopic (exact) mass is 274 g/mol. The normalized spacial score (nSPS) is 18.4. The van der Waals surface area contributed by atoms with Gasteiger partial charge in [0.15, 0.2) is 0 Å². The van der Waals surface area contributed by atoms with Crippen molar-refractivity contribution in [1.29, 1.82) is 0 Å². The average molecular weight is 274 g/mol. The number of aliphatic carboxylic acids is 1. The number of hydrogen-bond donors (Lipinski definition) is 1. The fourth-order valence-electron chi connectivity index (χ4n) is 2.48. The molecule has 2 heterocycles. The molecule has 1 fully saturated rings. The van der Waals surface area contributed by atoms with E-state index in [2.05, 4.69) is 23.7 Å². The second-order valence-corrected chi connectivity index (χ2v) is 5.77. The van der Waals surface area contributed by atoms with Gasteiger partial charge in [-0.05, 0) is 42.0 Å². The molecular weight excluding hydrogens is 252 g/mol. The highest BCUT2D eigenvalue weighted by Gasteiger charge is 2.28. The van der Waals surface area contributed by atoms with Crippen LogP contribution in [0.25, 0.3) is 6.08 Å². The first kappa shape index (κ1) is 14.6. The van der Waals surface area contributed by atoms with Crippen LogP contribution in [-0.2, 0) is 4.79 Å². The van der Waals surface area contributed by atoms with Crippen LogP contribution in [0.5, 0.6) is 0 Å². The lowest BCUT2D eigenvalue weighted by molar-refractivity contribution is -0.131. The van der Waals surface area contributed by atoms with E-state index in [4.69, 9.17) is 5.11 Å². The van der Waals surface area contributed by atoms with Gasteiger partial charge >= 0.3 is 5.97 Å². The van der Waals surface area contributed by atoms with Crippen LogP contribution in [0.4, 0.5) is 5.82 Å². The zero-order chi connectivity index (χ0) is 14.6. The summed E-state index contributed by atoms with van der Waals surface area (Å²) in [5.41, 5.74) is 1.28. The molecule has 20 heavy (non-hydrogen) atoms. The molecule has 1 aliphatic rings. The van der Waals surface area contributed by atoms with E-state index in [-0.39, 0.29) is 0 Å². The van der Waals surface area contributed by atoms with Gasteiger partial charge in [0.05, 0.1) is 0 Å². The van der Waals surface area contributed by atoms with Gasteiger partial charge in [0, 0.05) is 25.4 Å². The van der Waals surface area contributed by atoms with E-state index in [1.54, 1.807) is 12.3 Å². The molecule has 4 heteroatoms. The van der Waals surface area contributed by atoms with E-state index >= 15 is 0 Å². The zero-order valence-corrected chi connectivity index (χ0v) is 12.2. The van der Waals surface area contributed by atoms with Crippen molar-refractivity contribution in [2.75, 3.05) is 18.0 Å². The van der Waals surface area contributed by atoms with Gasteiger partial charge in [-0.25, -0.2) is 9.78 Å². The standard InChI is InChI=1S/C16H22N2O2/c1-3-16(2)8-10-18(11-9-16)14-6-4-13(12-17-14)5-7-15(19)20/h4-7,12H,3,8-11H2,1-2H3,(H,19,20)/b7-5+. The Hall–Kier alpha value is -1.84. The molecule has 1 N–H and O–H groups in total. The summed E-state index contributed by atoms with van der Waals surface area (Å²) in [4.78, 5) is 17.2. The number of rotatable bonds is 4. The number of aromatic nitrogens is 1. The number of carboxylic acid groups (broad SMARTS) is 1. The van der Waals surface area contributed by atoms with Crippen LogP contribution in [0.3, 0.4) is 0 Å². The Kier molecular flexibility index (Phi) is 4.42. The van der Waals surface area contributed by atoms with Gasteiger partial charge in [-0.1, -0.05) is 20.3 Å². The van der Waals surface area contributed by atoms with Crippen molar-refractivity contribution in [3.63, 3.8) is 0 Å². The molecule has 0 bridgehead atoms. The number of pyridine rings is 1. The molecule has 0 spiro atoms. The van der Waals surface area contributed by atoms with Crippen molar-refractivity contribution in [2.45, 2.75) is 33.1 Å². The molecule has 0 unspecified atom stereocenters. The molecule has 0 amide bonds. The van der Waals surface area contributed by atoms with E-state index in [0.717, 1.165) is 30.5 Å². The third-order valence-electron chi connectivity index (χ3n) is 4.34. The number of carbonyl (C=O) groups is 1. The summed E-state index contributed by atoms with van der Waals surface area (Å²) in [5.74, 6) is 0.0413. The molecule has 108 valence electrons. The molecule has 0 aromatic carbocycles. The Balaban J connectivity index is 1.99. The predicted octanol–water partition coefficient (Wildman–Crippen LogP) is 3.20. The molecule has 0 radical (unpaired) electrons. The Morgan fingerprint density at radius 1 is 1.45 bits per heavy atom. The Bertz CT molecular complexity index is 486. The van der Waals surface area contributed by atoms with E-state index in [1.165, 1.54) is 19.3 Å². The topological polar surface area (TPSA) is 53.4 Å². The Labute approximate surface area is 120 Å². The number of anilines is 1. The van der Waals surface area contributed by atoms with Crippen molar-refractivity contribution in [3.05, 3.63) is 30.0 Å². The lowest BCUT2D eigenvalue weighted by Gasteiger charge is -2.39. The zero-order valence-electron chi connectivity index (χ0n) is 12.2. The van der Waals surface area contributed by atoms with Crippen LogP contribution < -0.4 is 4.90 Å². The molecule has 1 aliphatic heterocycles. The Morgan fingerprint density at radius 3 is 2.65 bits per heavy atom. The van der Waals surface area contributed by atoms with Gasteiger partial charge in [-0.15, -0.1) is 0 Å². The summed E-state index contributed by atoms with van der Waals surface area (Å²) < 4.78 is 0. The molecule has 1 aromatic rings. The third kappa shape index (κ3) is 3.59. The van der Waals surface area contributed by atoms with Crippen LogP contribution in [0, 0.1) is 5.41 Å². The summed E-state index contributed by atoms with van der Waals surface area (Å²) in [6, 6.07) is 3.88. The molecular formula is C16H22N2O2. The second-order valence-electron chi connectivity index (χ2n) is 5.77. The highest BCUT2D eigenvalue weighted by atomic mass is 16.4. The van der Waals surface area contributed by atoms with E-state index in [9.17, 15) is 4.79 Å². The molecule has 4 nitrogen and oxygen atoms in total. The van der Waals surface area contributed by atoms with Gasteiger partial charge < -0.3 is 10.0 Å². The number of nitrogens with zero attached hydrogens (tertiary/aromatic N) is 2. The minimum Gasteiger partial charge on any atom is -0.478 e. The molecule has 1 aromatic heterocycles. The predicted molar refractivity (Wildman–Crippen MR) is 80.8 cm³/mol. The van der Waals surface area contributed by atoms with Crippen molar-refractivity contribution in [1.82, 2.24) is 4.98 Å². The van der Waals surface area contributed by atoms with E-state index < -0.39 is 5.97 Å². The van der Waals surface area contributed by atoms with Gasteiger partial charge in [0.1, 0.15) is 5.82 Å². The van der Waals surface area contributed by atoms with Crippen LogP contribution in [-0.4, -0.2) is 29.1 Å². The van der Waals surface area contributed by atoms with Gasteiger partial charge in [0.25, 0.3) is 0 Å². The lowest BCUT2D eigenvalue weighted by Crippen LogP contribution is -2.38. The van der Waals surface area contributed by atoms with E-state index in [1.807, 2.05) is 12.1 Å². The maximum absolute atomic E-state index is 10.5. The summed E-state index contributed by atoms with van der Waals surface area (Å²) in [5, 5.41) is 8.59. The van der Waals surface area contributed by atoms with E-state index in [0.29, 0.717) is 5.41 Å². The maximum atomic E-state index is 10.5. The second kappa shape index (κ2) is 6.07. The highest BCUT2D eigenvalue weighted by Crippen LogP contribution is 2.35.